The lowest BCUT2D eigenvalue weighted by molar-refractivity contribution is 0.423. The molecule has 1 nitrogen and oxygen atoms in total. The van der Waals surface area contributed by atoms with Crippen molar-refractivity contribution >= 4 is 11.6 Å². The van der Waals surface area contributed by atoms with Gasteiger partial charge in [-0.05, 0) is 30.5 Å². The minimum atomic E-state index is -0.571. The van der Waals surface area contributed by atoms with Gasteiger partial charge in [0.15, 0.2) is 0 Å². The zero-order valence-electron chi connectivity index (χ0n) is 8.90. The summed E-state index contributed by atoms with van der Waals surface area (Å²) in [5, 5.41) is -0.175. The summed E-state index contributed by atoms with van der Waals surface area (Å²) < 4.78 is 27.2. The molecule has 16 heavy (non-hydrogen) atoms. The van der Waals surface area contributed by atoms with Crippen molar-refractivity contribution in [3.8, 4) is 0 Å². The highest BCUT2D eigenvalue weighted by molar-refractivity contribution is 6.30. The van der Waals surface area contributed by atoms with Gasteiger partial charge in [0.2, 0.25) is 0 Å². The van der Waals surface area contributed by atoms with Crippen LogP contribution in [0.4, 0.5) is 8.78 Å². The average Bonchev–Trinajstić information content (AvgIpc) is 2.73. The molecule has 4 heteroatoms. The Morgan fingerprint density at radius 2 is 1.81 bits per heavy atom. The number of rotatable bonds is 2. The summed E-state index contributed by atoms with van der Waals surface area (Å²) in [5.41, 5.74) is 5.73. The first-order chi connectivity index (χ1) is 7.59. The highest BCUT2D eigenvalue weighted by Crippen LogP contribution is 2.42. The first-order valence-electron chi connectivity index (χ1n) is 5.44. The van der Waals surface area contributed by atoms with Gasteiger partial charge in [0.1, 0.15) is 11.6 Å². The van der Waals surface area contributed by atoms with Crippen LogP contribution >= 0.6 is 11.6 Å². The molecule has 0 atom stereocenters. The fourth-order valence-corrected chi connectivity index (χ4v) is 2.71. The van der Waals surface area contributed by atoms with Gasteiger partial charge in [-0.25, -0.2) is 8.78 Å². The van der Waals surface area contributed by atoms with E-state index in [4.69, 9.17) is 17.3 Å². The normalized spacial score (nSPS) is 19.0. The Bertz CT molecular complexity index is 400. The van der Waals surface area contributed by atoms with Crippen molar-refractivity contribution in [2.24, 2.45) is 5.73 Å². The highest BCUT2D eigenvalue weighted by Gasteiger charge is 2.36. The minimum Gasteiger partial charge on any atom is -0.330 e. The summed E-state index contributed by atoms with van der Waals surface area (Å²) >= 11 is 5.53. The van der Waals surface area contributed by atoms with Crippen LogP contribution < -0.4 is 5.73 Å². The Hall–Kier alpha value is -0.670. The van der Waals surface area contributed by atoms with Crippen LogP contribution in [0.2, 0.25) is 5.02 Å². The van der Waals surface area contributed by atoms with Crippen LogP contribution in [0, 0.1) is 11.6 Å². The Balaban J connectivity index is 2.50. The Kier molecular flexibility index (Phi) is 3.17. The standard InChI is InChI=1S/C12H14ClF2N/c13-9-6-10(14)8(5-11(9)15)12(7-16)3-1-2-4-12/h5-6H,1-4,7,16H2. The molecule has 0 unspecified atom stereocenters. The predicted octanol–water partition coefficient (Wildman–Crippen LogP) is 3.39. The van der Waals surface area contributed by atoms with Gasteiger partial charge in [0, 0.05) is 12.0 Å². The fourth-order valence-electron chi connectivity index (χ4n) is 2.56. The van der Waals surface area contributed by atoms with E-state index in [1.807, 2.05) is 0 Å². The van der Waals surface area contributed by atoms with E-state index in [0.29, 0.717) is 12.1 Å². The van der Waals surface area contributed by atoms with Crippen molar-refractivity contribution in [3.05, 3.63) is 34.4 Å². The van der Waals surface area contributed by atoms with Crippen LogP contribution in [0.25, 0.3) is 0 Å². The zero-order valence-corrected chi connectivity index (χ0v) is 9.66. The lowest BCUT2D eigenvalue weighted by Crippen LogP contribution is -2.33. The molecule has 2 N–H and O–H groups in total. The second-order valence-corrected chi connectivity index (χ2v) is 4.84. The van der Waals surface area contributed by atoms with Crippen molar-refractivity contribution in [2.75, 3.05) is 6.54 Å². The smallest absolute Gasteiger partial charge is 0.142 e. The highest BCUT2D eigenvalue weighted by atomic mass is 35.5. The van der Waals surface area contributed by atoms with Gasteiger partial charge in [0.05, 0.1) is 5.02 Å². The molecule has 0 radical (unpaired) electrons. The largest absolute Gasteiger partial charge is 0.330 e. The van der Waals surface area contributed by atoms with Crippen molar-refractivity contribution in [1.29, 1.82) is 0 Å². The maximum absolute atomic E-state index is 13.8. The predicted molar refractivity (Wildman–Crippen MR) is 60.6 cm³/mol. The van der Waals surface area contributed by atoms with Crippen LogP contribution in [0.5, 0.6) is 0 Å². The van der Waals surface area contributed by atoms with Gasteiger partial charge in [-0.3, -0.25) is 0 Å². The third-order valence-electron chi connectivity index (χ3n) is 3.53. The van der Waals surface area contributed by atoms with Crippen LogP contribution in [0.3, 0.4) is 0 Å². The van der Waals surface area contributed by atoms with Gasteiger partial charge in [-0.15, -0.1) is 0 Å². The van der Waals surface area contributed by atoms with E-state index in [-0.39, 0.29) is 5.02 Å². The summed E-state index contributed by atoms with van der Waals surface area (Å²) in [5.74, 6) is -1.02. The molecule has 0 aliphatic heterocycles. The molecule has 1 aromatic carbocycles. The molecule has 1 saturated carbocycles. The molecule has 0 amide bonds. The molecule has 88 valence electrons. The van der Waals surface area contributed by atoms with Crippen LogP contribution in [-0.4, -0.2) is 6.54 Å². The summed E-state index contributed by atoms with van der Waals surface area (Å²) in [6, 6.07) is 2.25. The molecule has 1 fully saturated rings. The summed E-state index contributed by atoms with van der Waals surface area (Å²) in [6.45, 7) is 0.352. The maximum Gasteiger partial charge on any atom is 0.142 e. The number of hydrogen-bond donors (Lipinski definition) is 1. The van der Waals surface area contributed by atoms with E-state index in [1.165, 1.54) is 6.07 Å². The van der Waals surface area contributed by atoms with Gasteiger partial charge >= 0.3 is 0 Å². The first-order valence-corrected chi connectivity index (χ1v) is 5.82. The molecule has 0 aromatic heterocycles. The quantitative estimate of drug-likeness (QED) is 0.795. The average molecular weight is 246 g/mol. The van der Waals surface area contributed by atoms with Crippen LogP contribution in [0.15, 0.2) is 12.1 Å². The molecular weight excluding hydrogens is 232 g/mol. The van der Waals surface area contributed by atoms with Gasteiger partial charge < -0.3 is 5.73 Å². The summed E-state index contributed by atoms with van der Waals surface area (Å²) in [6.07, 6.45) is 3.67. The van der Waals surface area contributed by atoms with E-state index in [2.05, 4.69) is 0 Å². The second kappa shape index (κ2) is 4.30. The van der Waals surface area contributed by atoms with E-state index in [0.717, 1.165) is 31.7 Å². The van der Waals surface area contributed by atoms with Gasteiger partial charge in [0.25, 0.3) is 0 Å². The molecule has 1 aliphatic rings. The van der Waals surface area contributed by atoms with Crippen molar-refractivity contribution in [1.82, 2.24) is 0 Å². The van der Waals surface area contributed by atoms with Crippen molar-refractivity contribution < 1.29 is 8.78 Å². The molecule has 2 rings (SSSR count). The van der Waals surface area contributed by atoms with E-state index >= 15 is 0 Å². The second-order valence-electron chi connectivity index (χ2n) is 4.44. The number of hydrogen-bond acceptors (Lipinski definition) is 1. The lowest BCUT2D eigenvalue weighted by Gasteiger charge is -2.28. The monoisotopic (exact) mass is 245 g/mol. The third kappa shape index (κ3) is 1.82. The molecule has 1 aromatic rings. The summed E-state index contributed by atoms with van der Waals surface area (Å²) in [7, 11) is 0. The number of halogens is 3. The Morgan fingerprint density at radius 1 is 1.19 bits per heavy atom. The Morgan fingerprint density at radius 3 is 2.38 bits per heavy atom. The fraction of sp³-hybridized carbons (Fsp3) is 0.500. The topological polar surface area (TPSA) is 26.0 Å². The van der Waals surface area contributed by atoms with E-state index < -0.39 is 17.0 Å². The summed E-state index contributed by atoms with van der Waals surface area (Å²) in [4.78, 5) is 0. The third-order valence-corrected chi connectivity index (χ3v) is 3.82. The number of nitrogens with two attached hydrogens (primary N) is 1. The number of benzene rings is 1. The molecule has 1 aliphatic carbocycles. The molecule has 0 saturated heterocycles. The van der Waals surface area contributed by atoms with Gasteiger partial charge in [-0.1, -0.05) is 24.4 Å². The molecular formula is C12H14ClF2N. The molecule has 0 heterocycles. The van der Waals surface area contributed by atoms with E-state index in [1.54, 1.807) is 0 Å². The van der Waals surface area contributed by atoms with Crippen molar-refractivity contribution in [3.63, 3.8) is 0 Å². The maximum atomic E-state index is 13.8. The van der Waals surface area contributed by atoms with Crippen LogP contribution in [0.1, 0.15) is 31.2 Å². The SMILES string of the molecule is NCC1(c2cc(F)c(Cl)cc2F)CCCC1. The Labute approximate surface area is 98.6 Å². The molecule has 0 spiro atoms. The molecule has 0 bridgehead atoms. The van der Waals surface area contributed by atoms with Crippen LogP contribution in [-0.2, 0) is 5.41 Å². The first kappa shape index (κ1) is 11.8. The van der Waals surface area contributed by atoms with Crippen molar-refractivity contribution in [2.45, 2.75) is 31.1 Å². The lowest BCUT2D eigenvalue weighted by atomic mass is 9.78. The zero-order chi connectivity index (χ0) is 11.8. The van der Waals surface area contributed by atoms with E-state index in [9.17, 15) is 8.78 Å². The van der Waals surface area contributed by atoms with Gasteiger partial charge in [-0.2, -0.15) is 0 Å². The minimum absolute atomic E-state index is 0.175.